The van der Waals surface area contributed by atoms with E-state index < -0.39 is 11.4 Å². The molecule has 1 saturated heterocycles. The number of carbonyl (C=O) groups is 1. The van der Waals surface area contributed by atoms with Crippen LogP contribution in [-0.2, 0) is 11.2 Å². The number of fused-ring (bicyclic) bond motifs is 1. The standard InChI is InChI=1S/C31H33ClFN3O4/c1-31(2,3)40-30(37)36-13-12-22(18-36)39-28-17-34-27(16-35-28)29-23(20-8-11-25(32)26(33)15-20)7-5-6-19-14-21(38-4)9-10-24(19)29/h8-11,14-17,22H,5-7,12-13,18H2,1-4H3/t22-/m0/s1. The first kappa shape index (κ1) is 27.9. The first-order valence-corrected chi connectivity index (χ1v) is 13.8. The summed E-state index contributed by atoms with van der Waals surface area (Å²) in [4.78, 5) is 23.4. The normalized spacial score (nSPS) is 17.4. The van der Waals surface area contributed by atoms with Gasteiger partial charge >= 0.3 is 6.09 Å². The summed E-state index contributed by atoms with van der Waals surface area (Å²) in [6.07, 6.45) is 5.88. The van der Waals surface area contributed by atoms with Crippen LogP contribution in [0.4, 0.5) is 9.18 Å². The summed E-state index contributed by atoms with van der Waals surface area (Å²) in [5, 5.41) is 0.0862. The van der Waals surface area contributed by atoms with Crippen LogP contribution in [0.3, 0.4) is 0 Å². The number of amides is 1. The van der Waals surface area contributed by atoms with E-state index in [1.807, 2.05) is 45.0 Å². The van der Waals surface area contributed by atoms with Crippen molar-refractivity contribution in [3.63, 3.8) is 0 Å². The Morgan fingerprint density at radius 2 is 1.93 bits per heavy atom. The molecule has 3 aromatic rings. The number of aryl methyl sites for hydroxylation is 1. The van der Waals surface area contributed by atoms with Gasteiger partial charge in [0.2, 0.25) is 5.88 Å². The Labute approximate surface area is 238 Å². The molecular weight excluding hydrogens is 533 g/mol. The van der Waals surface area contributed by atoms with Crippen molar-refractivity contribution in [3.05, 3.63) is 82.0 Å². The Morgan fingerprint density at radius 3 is 2.62 bits per heavy atom. The van der Waals surface area contributed by atoms with Crippen molar-refractivity contribution in [2.45, 2.75) is 58.2 Å². The SMILES string of the molecule is COc1ccc2c(c1)CCCC(c1ccc(Cl)c(F)c1)=C2c1cnc(O[C@H]2CCN(C(=O)OC(C)(C)C)C2)cn1. The zero-order chi connectivity index (χ0) is 28.4. The molecule has 2 aromatic carbocycles. The number of nitrogens with zero attached hydrogens (tertiary/aromatic N) is 3. The summed E-state index contributed by atoms with van der Waals surface area (Å²) in [5.74, 6) is 0.700. The van der Waals surface area contributed by atoms with Gasteiger partial charge in [0.25, 0.3) is 0 Å². The second kappa shape index (κ2) is 11.5. The average molecular weight is 566 g/mol. The van der Waals surface area contributed by atoms with Gasteiger partial charge in [-0.05, 0) is 86.6 Å². The van der Waals surface area contributed by atoms with Gasteiger partial charge in [0.15, 0.2) is 0 Å². The molecule has 0 unspecified atom stereocenters. The van der Waals surface area contributed by atoms with E-state index >= 15 is 0 Å². The topological polar surface area (TPSA) is 73.8 Å². The Balaban J connectivity index is 1.44. The van der Waals surface area contributed by atoms with Gasteiger partial charge in [0, 0.05) is 18.5 Å². The number of hydrogen-bond acceptors (Lipinski definition) is 6. The lowest BCUT2D eigenvalue weighted by Gasteiger charge is -2.24. The maximum absolute atomic E-state index is 14.5. The van der Waals surface area contributed by atoms with Gasteiger partial charge in [0.05, 0.1) is 36.8 Å². The highest BCUT2D eigenvalue weighted by molar-refractivity contribution is 6.30. The fourth-order valence-electron chi connectivity index (χ4n) is 5.15. The number of hydrogen-bond donors (Lipinski definition) is 0. The van der Waals surface area contributed by atoms with Crippen LogP contribution in [0.1, 0.15) is 62.4 Å². The number of allylic oxidation sites excluding steroid dienone is 1. The molecule has 0 N–H and O–H groups in total. The minimum atomic E-state index is -0.551. The quantitative estimate of drug-likeness (QED) is 0.333. The molecule has 0 radical (unpaired) electrons. The molecule has 40 heavy (non-hydrogen) atoms. The van der Waals surface area contributed by atoms with Crippen molar-refractivity contribution in [2.24, 2.45) is 0 Å². The van der Waals surface area contributed by atoms with Crippen LogP contribution >= 0.6 is 11.6 Å². The van der Waals surface area contributed by atoms with Crippen molar-refractivity contribution < 1.29 is 23.4 Å². The van der Waals surface area contributed by atoms with E-state index in [-0.39, 0.29) is 17.2 Å². The number of likely N-dealkylation sites (tertiary alicyclic amines) is 1. The average Bonchev–Trinajstić information content (AvgIpc) is 3.30. The van der Waals surface area contributed by atoms with E-state index in [1.54, 1.807) is 30.5 Å². The molecule has 2 heterocycles. The second-order valence-electron chi connectivity index (χ2n) is 11.1. The van der Waals surface area contributed by atoms with Crippen molar-refractivity contribution in [1.82, 2.24) is 14.9 Å². The predicted octanol–water partition coefficient (Wildman–Crippen LogP) is 6.96. The molecule has 0 saturated carbocycles. The number of benzene rings is 2. The summed E-state index contributed by atoms with van der Waals surface area (Å²) in [7, 11) is 1.65. The largest absolute Gasteiger partial charge is 0.497 e. The maximum atomic E-state index is 14.5. The molecule has 0 bridgehead atoms. The fourth-order valence-corrected chi connectivity index (χ4v) is 5.27. The molecule has 1 amide bonds. The van der Waals surface area contributed by atoms with Crippen LogP contribution in [0.15, 0.2) is 48.8 Å². The van der Waals surface area contributed by atoms with Crippen molar-refractivity contribution in [3.8, 4) is 11.6 Å². The number of ether oxygens (including phenoxy) is 3. The third-order valence-corrected chi connectivity index (χ3v) is 7.30. The predicted molar refractivity (Wildman–Crippen MR) is 152 cm³/mol. The molecule has 1 aliphatic carbocycles. The third kappa shape index (κ3) is 6.22. The first-order valence-electron chi connectivity index (χ1n) is 13.4. The third-order valence-electron chi connectivity index (χ3n) is 6.99. The summed E-state index contributed by atoms with van der Waals surface area (Å²) < 4.78 is 31.5. The molecular formula is C31H33ClFN3O4. The van der Waals surface area contributed by atoms with Gasteiger partial charge in [-0.1, -0.05) is 23.7 Å². The van der Waals surface area contributed by atoms with Crippen molar-refractivity contribution in [2.75, 3.05) is 20.2 Å². The molecule has 0 spiro atoms. The lowest BCUT2D eigenvalue weighted by molar-refractivity contribution is 0.0275. The molecule has 1 atom stereocenters. The minimum Gasteiger partial charge on any atom is -0.497 e. The number of rotatable bonds is 5. The number of methoxy groups -OCH3 is 1. The highest BCUT2D eigenvalue weighted by atomic mass is 35.5. The summed E-state index contributed by atoms with van der Waals surface area (Å²) >= 11 is 5.99. The number of halogens is 2. The van der Waals surface area contributed by atoms with Gasteiger partial charge < -0.3 is 19.1 Å². The smallest absolute Gasteiger partial charge is 0.410 e. The Bertz CT molecular complexity index is 1440. The van der Waals surface area contributed by atoms with Gasteiger partial charge in [0.1, 0.15) is 23.3 Å². The van der Waals surface area contributed by atoms with E-state index in [1.165, 1.54) is 6.07 Å². The summed E-state index contributed by atoms with van der Waals surface area (Å²) in [6.45, 7) is 6.52. The zero-order valence-corrected chi connectivity index (χ0v) is 23.9. The number of aromatic nitrogens is 2. The highest BCUT2D eigenvalue weighted by Crippen LogP contribution is 2.40. The van der Waals surface area contributed by atoms with Crippen LogP contribution in [-0.4, -0.2) is 52.9 Å². The van der Waals surface area contributed by atoms with Gasteiger partial charge in [-0.2, -0.15) is 0 Å². The van der Waals surface area contributed by atoms with E-state index in [9.17, 15) is 9.18 Å². The zero-order valence-electron chi connectivity index (χ0n) is 23.2. The van der Waals surface area contributed by atoms with Gasteiger partial charge in [-0.25, -0.2) is 19.2 Å². The summed E-state index contributed by atoms with van der Waals surface area (Å²) in [5.41, 5.74) is 4.89. The second-order valence-corrected chi connectivity index (χ2v) is 11.5. The molecule has 9 heteroatoms. The van der Waals surface area contributed by atoms with E-state index in [0.717, 1.165) is 52.8 Å². The monoisotopic (exact) mass is 565 g/mol. The lowest BCUT2D eigenvalue weighted by atomic mass is 9.90. The summed E-state index contributed by atoms with van der Waals surface area (Å²) in [6, 6.07) is 10.9. The van der Waals surface area contributed by atoms with Crippen LogP contribution in [0.2, 0.25) is 5.02 Å². The van der Waals surface area contributed by atoms with Crippen LogP contribution in [0, 0.1) is 5.82 Å². The first-order chi connectivity index (χ1) is 19.1. The van der Waals surface area contributed by atoms with Crippen molar-refractivity contribution in [1.29, 1.82) is 0 Å². The molecule has 1 fully saturated rings. The molecule has 1 aliphatic heterocycles. The lowest BCUT2D eigenvalue weighted by Crippen LogP contribution is -2.36. The van der Waals surface area contributed by atoms with E-state index in [0.29, 0.717) is 31.1 Å². The van der Waals surface area contributed by atoms with Gasteiger partial charge in [-0.15, -0.1) is 0 Å². The van der Waals surface area contributed by atoms with Crippen molar-refractivity contribution >= 4 is 28.8 Å². The molecule has 210 valence electrons. The van der Waals surface area contributed by atoms with Crippen LogP contribution in [0.25, 0.3) is 11.1 Å². The Hall–Kier alpha value is -3.65. The van der Waals surface area contributed by atoms with Gasteiger partial charge in [-0.3, -0.25) is 0 Å². The Kier molecular flexibility index (Phi) is 7.99. The minimum absolute atomic E-state index is 0.0862. The maximum Gasteiger partial charge on any atom is 0.410 e. The molecule has 2 aliphatic rings. The van der Waals surface area contributed by atoms with Crippen LogP contribution in [0.5, 0.6) is 11.6 Å². The van der Waals surface area contributed by atoms with E-state index in [4.69, 9.17) is 30.8 Å². The molecule has 7 nitrogen and oxygen atoms in total. The molecule has 1 aromatic heterocycles. The van der Waals surface area contributed by atoms with Crippen LogP contribution < -0.4 is 9.47 Å². The number of carbonyl (C=O) groups excluding carboxylic acids is 1. The molecule has 5 rings (SSSR count). The fraction of sp³-hybridized carbons (Fsp3) is 0.387. The Morgan fingerprint density at radius 1 is 1.10 bits per heavy atom. The van der Waals surface area contributed by atoms with E-state index in [2.05, 4.69) is 4.98 Å². The highest BCUT2D eigenvalue weighted by Gasteiger charge is 2.31.